The third kappa shape index (κ3) is 3.79. The first-order valence-corrected chi connectivity index (χ1v) is 5.17. The zero-order chi connectivity index (χ0) is 11.3. The molecule has 0 aliphatic rings. The second-order valence-corrected chi connectivity index (χ2v) is 3.78. The summed E-state index contributed by atoms with van der Waals surface area (Å²) in [7, 11) is 0. The number of amidine groups is 1. The number of halogens is 1. The minimum atomic E-state index is 0.268. The number of oxime groups is 1. The molecule has 0 amide bonds. The van der Waals surface area contributed by atoms with E-state index in [1.165, 1.54) is 0 Å². The molecule has 0 bridgehead atoms. The first-order chi connectivity index (χ1) is 7.13. The lowest BCUT2D eigenvalue weighted by Gasteiger charge is -2.00. The minimum Gasteiger partial charge on any atom is -0.409 e. The number of aryl methyl sites for hydroxylation is 2. The Balaban J connectivity index is 2.26. The molecule has 0 saturated carbocycles. The third-order valence-electron chi connectivity index (χ3n) is 2.09. The van der Waals surface area contributed by atoms with Crippen molar-refractivity contribution in [2.75, 3.05) is 0 Å². The van der Waals surface area contributed by atoms with Gasteiger partial charge >= 0.3 is 0 Å². The molecule has 1 aromatic heterocycles. The van der Waals surface area contributed by atoms with Crippen LogP contribution in [0, 0.1) is 6.92 Å². The first-order valence-electron chi connectivity index (χ1n) is 4.79. The van der Waals surface area contributed by atoms with Crippen LogP contribution in [0.3, 0.4) is 0 Å². The van der Waals surface area contributed by atoms with Crippen LogP contribution in [0.5, 0.6) is 0 Å². The highest BCUT2D eigenvalue weighted by Crippen LogP contribution is 2.12. The molecule has 0 atom stereocenters. The van der Waals surface area contributed by atoms with Crippen molar-refractivity contribution < 1.29 is 5.21 Å². The monoisotopic (exact) mass is 230 g/mol. The molecule has 0 aromatic carbocycles. The number of hydrogen-bond acceptors (Lipinski definition) is 3. The van der Waals surface area contributed by atoms with Gasteiger partial charge in [-0.3, -0.25) is 4.68 Å². The van der Waals surface area contributed by atoms with Crippen LogP contribution in [0.2, 0.25) is 5.02 Å². The molecule has 0 fully saturated rings. The van der Waals surface area contributed by atoms with Crippen molar-refractivity contribution in [1.82, 2.24) is 9.78 Å². The standard InChI is InChI=1S/C9H15ClN4O/c1-7-8(10)6-14(12-7)5-3-2-4-9(11)13-15/h6,15H,2-5H2,1H3,(H2,11,13). The summed E-state index contributed by atoms with van der Waals surface area (Å²) in [5.74, 6) is 0.268. The molecule has 1 heterocycles. The fourth-order valence-electron chi connectivity index (χ4n) is 1.24. The number of nitrogens with two attached hydrogens (primary N) is 1. The van der Waals surface area contributed by atoms with E-state index in [1.807, 2.05) is 11.6 Å². The molecule has 0 aliphatic carbocycles. The lowest BCUT2D eigenvalue weighted by Crippen LogP contribution is -2.11. The lowest BCUT2D eigenvalue weighted by atomic mass is 10.2. The number of unbranched alkanes of at least 4 members (excludes halogenated alkanes) is 1. The summed E-state index contributed by atoms with van der Waals surface area (Å²) in [6, 6.07) is 0. The third-order valence-corrected chi connectivity index (χ3v) is 2.46. The number of aromatic nitrogens is 2. The summed E-state index contributed by atoms with van der Waals surface area (Å²) in [6.45, 7) is 2.67. The second kappa shape index (κ2) is 5.60. The zero-order valence-electron chi connectivity index (χ0n) is 8.65. The molecule has 1 rings (SSSR count). The Morgan fingerprint density at radius 1 is 1.67 bits per heavy atom. The van der Waals surface area contributed by atoms with Crippen LogP contribution in [-0.4, -0.2) is 20.8 Å². The van der Waals surface area contributed by atoms with E-state index in [-0.39, 0.29) is 5.84 Å². The Morgan fingerprint density at radius 2 is 2.40 bits per heavy atom. The van der Waals surface area contributed by atoms with Crippen LogP contribution in [0.4, 0.5) is 0 Å². The molecule has 0 unspecified atom stereocenters. The van der Waals surface area contributed by atoms with Gasteiger partial charge in [-0.05, 0) is 19.8 Å². The summed E-state index contributed by atoms with van der Waals surface area (Å²) in [5, 5.41) is 16.1. The normalized spacial score (nSPS) is 12.0. The molecule has 5 nitrogen and oxygen atoms in total. The van der Waals surface area contributed by atoms with Gasteiger partial charge < -0.3 is 10.9 Å². The van der Waals surface area contributed by atoms with Gasteiger partial charge in [0.15, 0.2) is 0 Å². The smallest absolute Gasteiger partial charge is 0.139 e. The number of nitrogens with zero attached hydrogens (tertiary/aromatic N) is 3. The van der Waals surface area contributed by atoms with Crippen LogP contribution in [-0.2, 0) is 6.54 Å². The summed E-state index contributed by atoms with van der Waals surface area (Å²) in [4.78, 5) is 0. The van der Waals surface area contributed by atoms with Crippen LogP contribution in [0.1, 0.15) is 25.0 Å². The fourth-order valence-corrected chi connectivity index (χ4v) is 1.39. The average Bonchev–Trinajstić information content (AvgIpc) is 2.53. The highest BCUT2D eigenvalue weighted by molar-refractivity contribution is 6.31. The molecule has 0 radical (unpaired) electrons. The molecule has 0 aliphatic heterocycles. The van der Waals surface area contributed by atoms with E-state index in [4.69, 9.17) is 22.5 Å². The molecule has 3 N–H and O–H groups in total. The van der Waals surface area contributed by atoms with E-state index in [0.29, 0.717) is 11.4 Å². The Morgan fingerprint density at radius 3 is 2.93 bits per heavy atom. The predicted octanol–water partition coefficient (Wildman–Crippen LogP) is 1.76. The lowest BCUT2D eigenvalue weighted by molar-refractivity contribution is 0.316. The molecule has 15 heavy (non-hydrogen) atoms. The van der Waals surface area contributed by atoms with E-state index in [9.17, 15) is 0 Å². The summed E-state index contributed by atoms with van der Waals surface area (Å²) < 4.78 is 1.81. The molecule has 6 heteroatoms. The van der Waals surface area contributed by atoms with Crippen molar-refractivity contribution in [3.05, 3.63) is 16.9 Å². The fraction of sp³-hybridized carbons (Fsp3) is 0.556. The van der Waals surface area contributed by atoms with Crippen molar-refractivity contribution in [2.24, 2.45) is 10.9 Å². The largest absolute Gasteiger partial charge is 0.409 e. The number of rotatable bonds is 5. The molecule has 1 aromatic rings. The highest BCUT2D eigenvalue weighted by Gasteiger charge is 2.01. The van der Waals surface area contributed by atoms with Gasteiger partial charge in [0.2, 0.25) is 0 Å². The van der Waals surface area contributed by atoms with E-state index >= 15 is 0 Å². The average molecular weight is 231 g/mol. The van der Waals surface area contributed by atoms with Crippen LogP contribution in [0.25, 0.3) is 0 Å². The maximum Gasteiger partial charge on any atom is 0.139 e. The topological polar surface area (TPSA) is 76.4 Å². The van der Waals surface area contributed by atoms with Crippen molar-refractivity contribution in [2.45, 2.75) is 32.7 Å². The number of hydrogen-bond donors (Lipinski definition) is 2. The van der Waals surface area contributed by atoms with Gasteiger partial charge in [-0.15, -0.1) is 0 Å². The van der Waals surface area contributed by atoms with Gasteiger partial charge in [-0.1, -0.05) is 16.8 Å². The van der Waals surface area contributed by atoms with Gasteiger partial charge in [0, 0.05) is 19.2 Å². The van der Waals surface area contributed by atoms with E-state index in [1.54, 1.807) is 6.20 Å². The van der Waals surface area contributed by atoms with Gasteiger partial charge in [0.1, 0.15) is 5.84 Å². The Kier molecular flexibility index (Phi) is 4.42. The highest BCUT2D eigenvalue weighted by atomic mass is 35.5. The van der Waals surface area contributed by atoms with Crippen molar-refractivity contribution in [1.29, 1.82) is 0 Å². The van der Waals surface area contributed by atoms with Crippen LogP contribution >= 0.6 is 11.6 Å². The molecular weight excluding hydrogens is 216 g/mol. The summed E-state index contributed by atoms with van der Waals surface area (Å²) in [6.07, 6.45) is 4.20. The van der Waals surface area contributed by atoms with Gasteiger partial charge in [-0.2, -0.15) is 5.10 Å². The quantitative estimate of drug-likeness (QED) is 0.266. The summed E-state index contributed by atoms with van der Waals surface area (Å²) in [5.41, 5.74) is 6.18. The van der Waals surface area contributed by atoms with Gasteiger partial charge in [-0.25, -0.2) is 0 Å². The van der Waals surface area contributed by atoms with E-state index < -0.39 is 0 Å². The Labute approximate surface area is 93.5 Å². The van der Waals surface area contributed by atoms with E-state index in [0.717, 1.165) is 25.1 Å². The minimum absolute atomic E-state index is 0.268. The maximum atomic E-state index is 8.32. The molecule has 84 valence electrons. The van der Waals surface area contributed by atoms with Gasteiger partial charge in [0.25, 0.3) is 0 Å². The Hall–Kier alpha value is -1.23. The first kappa shape index (κ1) is 11.8. The van der Waals surface area contributed by atoms with Crippen molar-refractivity contribution in [3.8, 4) is 0 Å². The van der Waals surface area contributed by atoms with Crippen molar-refractivity contribution in [3.63, 3.8) is 0 Å². The molecular formula is C9H15ClN4O. The predicted molar refractivity (Wildman–Crippen MR) is 59.2 cm³/mol. The van der Waals surface area contributed by atoms with Crippen LogP contribution in [0.15, 0.2) is 11.4 Å². The second-order valence-electron chi connectivity index (χ2n) is 3.37. The van der Waals surface area contributed by atoms with Crippen molar-refractivity contribution >= 4 is 17.4 Å². The molecule has 0 spiro atoms. The summed E-state index contributed by atoms with van der Waals surface area (Å²) >= 11 is 5.86. The Bertz CT molecular complexity index is 328. The maximum absolute atomic E-state index is 8.32. The van der Waals surface area contributed by atoms with Gasteiger partial charge in [0.05, 0.1) is 10.7 Å². The zero-order valence-corrected chi connectivity index (χ0v) is 9.41. The molecule has 0 saturated heterocycles. The van der Waals surface area contributed by atoms with Crippen LogP contribution < -0.4 is 5.73 Å². The van der Waals surface area contributed by atoms with E-state index in [2.05, 4.69) is 10.3 Å². The SMILES string of the molecule is Cc1nn(CCCCC(N)=NO)cc1Cl.